The van der Waals surface area contributed by atoms with E-state index in [1.807, 2.05) is 0 Å². The molecule has 1 aromatic rings. The first-order valence-electron chi connectivity index (χ1n) is 3.42. The molecule has 0 spiro atoms. The Morgan fingerprint density at radius 2 is 2.31 bits per heavy atom. The van der Waals surface area contributed by atoms with Crippen LogP contribution in [-0.4, -0.2) is 4.98 Å². The Bertz CT molecular complexity index is 346. The molecule has 0 saturated heterocycles. The number of nitrogens with zero attached hydrogens (tertiary/aromatic N) is 2. The van der Waals surface area contributed by atoms with E-state index in [0.29, 0.717) is 5.56 Å². The number of pyridine rings is 1. The SMILES string of the molecule is N#Cc1ncc(CCl)cc1C(F)F. The van der Waals surface area contributed by atoms with Crippen LogP contribution in [0, 0.1) is 11.3 Å². The topological polar surface area (TPSA) is 36.7 Å². The Labute approximate surface area is 78.8 Å². The number of alkyl halides is 3. The minimum absolute atomic E-state index is 0.110. The van der Waals surface area contributed by atoms with Crippen molar-refractivity contribution in [2.75, 3.05) is 0 Å². The Morgan fingerprint density at radius 3 is 2.77 bits per heavy atom. The second-order valence-electron chi connectivity index (χ2n) is 2.33. The van der Waals surface area contributed by atoms with Crippen molar-refractivity contribution >= 4 is 11.6 Å². The van der Waals surface area contributed by atoms with Crippen molar-refractivity contribution in [3.8, 4) is 6.07 Å². The predicted molar refractivity (Wildman–Crippen MR) is 43.5 cm³/mol. The standard InChI is InChI=1S/C8H5ClF2N2/c9-2-5-1-6(8(10)11)7(3-12)13-4-5/h1,4,8H,2H2. The molecule has 0 amide bonds. The predicted octanol–water partition coefficient (Wildman–Crippen LogP) is 2.63. The summed E-state index contributed by atoms with van der Waals surface area (Å²) in [5.41, 5.74) is -0.125. The fourth-order valence-electron chi connectivity index (χ4n) is 0.860. The Hall–Kier alpha value is -1.21. The highest BCUT2D eigenvalue weighted by molar-refractivity contribution is 6.17. The Kier molecular flexibility index (Phi) is 3.15. The number of rotatable bonds is 2. The molecule has 2 nitrogen and oxygen atoms in total. The van der Waals surface area contributed by atoms with Gasteiger partial charge in [0.25, 0.3) is 6.43 Å². The van der Waals surface area contributed by atoms with Crippen molar-refractivity contribution in [3.63, 3.8) is 0 Å². The molecule has 1 aromatic heterocycles. The van der Waals surface area contributed by atoms with Gasteiger partial charge in [-0.3, -0.25) is 0 Å². The molecule has 0 aromatic carbocycles. The molecule has 0 atom stereocenters. The maximum atomic E-state index is 12.3. The number of hydrogen-bond acceptors (Lipinski definition) is 2. The van der Waals surface area contributed by atoms with Crippen LogP contribution >= 0.6 is 11.6 Å². The molecule has 0 fully saturated rings. The van der Waals surface area contributed by atoms with Crippen LogP contribution in [0.1, 0.15) is 23.2 Å². The first-order valence-corrected chi connectivity index (χ1v) is 3.95. The zero-order valence-electron chi connectivity index (χ0n) is 6.47. The van der Waals surface area contributed by atoms with Crippen LogP contribution in [0.3, 0.4) is 0 Å². The molecule has 68 valence electrons. The number of nitriles is 1. The summed E-state index contributed by atoms with van der Waals surface area (Å²) < 4.78 is 24.6. The number of halogens is 3. The minimum Gasteiger partial charge on any atom is -0.245 e. The first-order chi connectivity index (χ1) is 6.19. The molecule has 1 heterocycles. The van der Waals surface area contributed by atoms with Crippen LogP contribution in [0.25, 0.3) is 0 Å². The average molecular weight is 203 g/mol. The van der Waals surface area contributed by atoms with E-state index < -0.39 is 6.43 Å². The summed E-state index contributed by atoms with van der Waals surface area (Å²) >= 11 is 5.43. The van der Waals surface area contributed by atoms with Crippen molar-refractivity contribution in [1.82, 2.24) is 4.98 Å². The largest absolute Gasteiger partial charge is 0.266 e. The van der Waals surface area contributed by atoms with E-state index in [2.05, 4.69) is 4.98 Å². The molecule has 0 N–H and O–H groups in total. The lowest BCUT2D eigenvalue weighted by molar-refractivity contribution is 0.150. The summed E-state index contributed by atoms with van der Waals surface area (Å²) in [5, 5.41) is 8.45. The molecular weight excluding hydrogens is 198 g/mol. The summed E-state index contributed by atoms with van der Waals surface area (Å²) in [4.78, 5) is 3.56. The molecule has 0 aliphatic rings. The van der Waals surface area contributed by atoms with Crippen LogP contribution in [0.2, 0.25) is 0 Å². The van der Waals surface area contributed by atoms with Crippen molar-refractivity contribution in [2.45, 2.75) is 12.3 Å². The number of hydrogen-bond donors (Lipinski definition) is 0. The van der Waals surface area contributed by atoms with E-state index in [4.69, 9.17) is 16.9 Å². The van der Waals surface area contributed by atoms with Gasteiger partial charge in [0, 0.05) is 12.1 Å². The van der Waals surface area contributed by atoms with Gasteiger partial charge in [0.1, 0.15) is 11.8 Å². The lowest BCUT2D eigenvalue weighted by Crippen LogP contribution is -1.96. The van der Waals surface area contributed by atoms with E-state index in [1.54, 1.807) is 6.07 Å². The van der Waals surface area contributed by atoms with E-state index in [-0.39, 0.29) is 17.1 Å². The normalized spacial score (nSPS) is 10.1. The Balaban J connectivity index is 3.20. The fourth-order valence-corrected chi connectivity index (χ4v) is 1.01. The molecule has 0 aliphatic carbocycles. The Morgan fingerprint density at radius 1 is 1.62 bits per heavy atom. The van der Waals surface area contributed by atoms with Gasteiger partial charge in [0.15, 0.2) is 0 Å². The van der Waals surface area contributed by atoms with Gasteiger partial charge in [-0.15, -0.1) is 11.6 Å². The van der Waals surface area contributed by atoms with Gasteiger partial charge in [-0.05, 0) is 11.6 Å². The quantitative estimate of drug-likeness (QED) is 0.692. The fraction of sp³-hybridized carbons (Fsp3) is 0.250. The van der Waals surface area contributed by atoms with Gasteiger partial charge in [-0.1, -0.05) is 0 Å². The summed E-state index contributed by atoms with van der Waals surface area (Å²) in [7, 11) is 0. The molecule has 0 radical (unpaired) electrons. The van der Waals surface area contributed by atoms with Crippen LogP contribution in [-0.2, 0) is 5.88 Å². The van der Waals surface area contributed by atoms with Gasteiger partial charge in [0.2, 0.25) is 0 Å². The second kappa shape index (κ2) is 4.15. The van der Waals surface area contributed by atoms with Gasteiger partial charge < -0.3 is 0 Å². The smallest absolute Gasteiger partial charge is 0.245 e. The maximum Gasteiger partial charge on any atom is 0.266 e. The molecule has 0 saturated carbocycles. The van der Waals surface area contributed by atoms with E-state index >= 15 is 0 Å². The highest BCUT2D eigenvalue weighted by Crippen LogP contribution is 2.22. The molecule has 0 aliphatic heterocycles. The van der Waals surface area contributed by atoms with Crippen LogP contribution in [0.5, 0.6) is 0 Å². The van der Waals surface area contributed by atoms with Crippen molar-refractivity contribution in [1.29, 1.82) is 5.26 Å². The molecule has 1 rings (SSSR count). The summed E-state index contributed by atoms with van der Waals surface area (Å²) in [6, 6.07) is 2.79. The third-order valence-corrected chi connectivity index (χ3v) is 1.78. The average Bonchev–Trinajstić information content (AvgIpc) is 2.16. The molecular formula is C8H5ClF2N2. The molecule has 5 heteroatoms. The highest BCUT2D eigenvalue weighted by atomic mass is 35.5. The maximum absolute atomic E-state index is 12.3. The molecule has 0 unspecified atom stereocenters. The second-order valence-corrected chi connectivity index (χ2v) is 2.59. The third-order valence-electron chi connectivity index (χ3n) is 1.47. The zero-order chi connectivity index (χ0) is 9.84. The van der Waals surface area contributed by atoms with E-state index in [1.165, 1.54) is 12.3 Å². The third kappa shape index (κ3) is 2.13. The van der Waals surface area contributed by atoms with Gasteiger partial charge in [0.05, 0.1) is 5.56 Å². The van der Waals surface area contributed by atoms with Crippen molar-refractivity contribution < 1.29 is 8.78 Å². The first kappa shape index (κ1) is 9.87. The highest BCUT2D eigenvalue weighted by Gasteiger charge is 2.14. The number of aromatic nitrogens is 1. The zero-order valence-corrected chi connectivity index (χ0v) is 7.22. The lowest BCUT2D eigenvalue weighted by Gasteiger charge is -2.02. The molecule has 0 bridgehead atoms. The summed E-state index contributed by atoms with van der Waals surface area (Å²) in [6.07, 6.45) is -1.37. The van der Waals surface area contributed by atoms with Gasteiger partial charge >= 0.3 is 0 Å². The summed E-state index contributed by atoms with van der Waals surface area (Å²) in [5.74, 6) is 0.110. The van der Waals surface area contributed by atoms with Crippen LogP contribution in [0.15, 0.2) is 12.3 Å². The van der Waals surface area contributed by atoms with Crippen molar-refractivity contribution in [3.05, 3.63) is 29.1 Å². The minimum atomic E-state index is -2.69. The molecule has 13 heavy (non-hydrogen) atoms. The lowest BCUT2D eigenvalue weighted by atomic mass is 10.1. The van der Waals surface area contributed by atoms with Gasteiger partial charge in [-0.25, -0.2) is 13.8 Å². The van der Waals surface area contributed by atoms with E-state index in [9.17, 15) is 8.78 Å². The van der Waals surface area contributed by atoms with Crippen LogP contribution < -0.4 is 0 Å². The van der Waals surface area contributed by atoms with Crippen LogP contribution in [0.4, 0.5) is 8.78 Å². The van der Waals surface area contributed by atoms with E-state index in [0.717, 1.165) is 0 Å². The summed E-state index contributed by atoms with van der Waals surface area (Å²) in [6.45, 7) is 0. The van der Waals surface area contributed by atoms with Crippen molar-refractivity contribution in [2.24, 2.45) is 0 Å². The van der Waals surface area contributed by atoms with Gasteiger partial charge in [-0.2, -0.15) is 5.26 Å². The monoisotopic (exact) mass is 202 g/mol.